The molecule has 3 rings (SSSR count). The van der Waals surface area contributed by atoms with Gasteiger partial charge in [0.1, 0.15) is 5.69 Å². The van der Waals surface area contributed by atoms with Crippen molar-refractivity contribution in [3.8, 4) is 28.4 Å². The Bertz CT molecular complexity index is 1030. The highest BCUT2D eigenvalue weighted by Crippen LogP contribution is 2.31. The summed E-state index contributed by atoms with van der Waals surface area (Å²) in [5.74, 6) is 0.439. The Hall–Kier alpha value is -2.63. The smallest absolute Gasteiger partial charge is 0.232 e. The average molecular weight is 458 g/mol. The van der Waals surface area contributed by atoms with Gasteiger partial charge in [0.05, 0.1) is 18.5 Å². The van der Waals surface area contributed by atoms with E-state index in [-0.39, 0.29) is 5.91 Å². The molecule has 0 aliphatic carbocycles. The van der Waals surface area contributed by atoms with Crippen LogP contribution in [0.1, 0.15) is 27.2 Å². The Kier molecular flexibility index (Phi) is 7.52. The minimum atomic E-state index is -0.405. The lowest BCUT2D eigenvalue weighted by Crippen LogP contribution is -2.35. The molecule has 1 N–H and O–H groups in total. The van der Waals surface area contributed by atoms with Crippen LogP contribution in [0.4, 0.5) is 0 Å². The number of carbonyl (C=O) groups excluding carboxylic acids is 1. The number of amides is 1. The van der Waals surface area contributed by atoms with Crippen LogP contribution in [0.15, 0.2) is 54.7 Å². The van der Waals surface area contributed by atoms with Gasteiger partial charge in [0, 0.05) is 33.1 Å². The summed E-state index contributed by atoms with van der Waals surface area (Å²) in [6.07, 6.45) is 2.27. The van der Waals surface area contributed by atoms with E-state index in [1.807, 2.05) is 69.3 Å². The summed E-state index contributed by atoms with van der Waals surface area (Å²) in [4.78, 5) is 21.2. The van der Waals surface area contributed by atoms with E-state index in [1.54, 1.807) is 6.20 Å². The minimum absolute atomic E-state index is 0.0182. The number of aromatic nitrogens is 2. The molecule has 3 aromatic rings. The zero-order valence-corrected chi connectivity index (χ0v) is 19.3. The van der Waals surface area contributed by atoms with Crippen molar-refractivity contribution >= 4 is 29.1 Å². The molecule has 2 aromatic carbocycles. The number of nitrogens with zero attached hydrogens (tertiary/aromatic N) is 2. The van der Waals surface area contributed by atoms with Gasteiger partial charge < -0.3 is 10.1 Å². The maximum absolute atomic E-state index is 11.9. The molecule has 0 aliphatic heterocycles. The van der Waals surface area contributed by atoms with Crippen molar-refractivity contribution in [2.75, 3.05) is 13.2 Å². The Balaban J connectivity index is 1.75. The van der Waals surface area contributed by atoms with Gasteiger partial charge in [0.2, 0.25) is 11.8 Å². The molecule has 0 aliphatic rings. The van der Waals surface area contributed by atoms with Gasteiger partial charge in [0.25, 0.3) is 0 Å². The summed E-state index contributed by atoms with van der Waals surface area (Å²) in [7, 11) is 0. The van der Waals surface area contributed by atoms with E-state index in [9.17, 15) is 4.79 Å². The second-order valence-electron chi connectivity index (χ2n) is 8.13. The Morgan fingerprint density at radius 3 is 2.03 bits per heavy atom. The van der Waals surface area contributed by atoms with E-state index in [4.69, 9.17) is 32.9 Å². The maximum atomic E-state index is 11.9. The highest BCUT2D eigenvalue weighted by atomic mass is 35.5. The molecule has 0 saturated heterocycles. The highest BCUT2D eigenvalue weighted by molar-refractivity contribution is 6.31. The van der Waals surface area contributed by atoms with Crippen molar-refractivity contribution in [3.63, 3.8) is 0 Å². The Labute approximate surface area is 192 Å². The Morgan fingerprint density at radius 2 is 1.48 bits per heavy atom. The van der Waals surface area contributed by atoms with Gasteiger partial charge >= 0.3 is 0 Å². The zero-order chi connectivity index (χ0) is 22.4. The van der Waals surface area contributed by atoms with Crippen molar-refractivity contribution < 1.29 is 9.53 Å². The van der Waals surface area contributed by atoms with Crippen LogP contribution in [0.3, 0.4) is 0 Å². The van der Waals surface area contributed by atoms with Crippen molar-refractivity contribution in [3.05, 3.63) is 64.8 Å². The Morgan fingerprint density at radius 1 is 0.935 bits per heavy atom. The number of ether oxygens (including phenoxy) is 1. The summed E-state index contributed by atoms with van der Waals surface area (Å²) in [6.45, 7) is 6.61. The fourth-order valence-corrected chi connectivity index (χ4v) is 3.04. The molecule has 162 valence electrons. The lowest BCUT2D eigenvalue weighted by atomic mass is 9.96. The average Bonchev–Trinajstić information content (AvgIpc) is 2.74. The molecular weight excluding hydrogens is 433 g/mol. The number of hydrogen-bond acceptors (Lipinski definition) is 4. The standard InChI is InChI=1S/C24H25Cl2N3O2/c1-24(2,3)23(30)27-13-4-14-31-20-15-28-21(16-5-9-18(25)10-6-16)22(29-20)17-7-11-19(26)12-8-17/h5-12,15H,4,13-14H2,1-3H3,(H,27,30). The summed E-state index contributed by atoms with van der Waals surface area (Å²) in [6, 6.07) is 14.9. The molecule has 0 unspecified atom stereocenters. The first-order valence-electron chi connectivity index (χ1n) is 10.0. The van der Waals surface area contributed by atoms with E-state index in [2.05, 4.69) is 10.3 Å². The van der Waals surface area contributed by atoms with Gasteiger partial charge in [-0.3, -0.25) is 4.79 Å². The van der Waals surface area contributed by atoms with E-state index >= 15 is 0 Å². The molecule has 5 nitrogen and oxygen atoms in total. The first-order valence-corrected chi connectivity index (χ1v) is 10.8. The van der Waals surface area contributed by atoms with E-state index in [1.165, 1.54) is 0 Å². The molecule has 1 heterocycles. The van der Waals surface area contributed by atoms with Crippen molar-refractivity contribution in [2.45, 2.75) is 27.2 Å². The quantitative estimate of drug-likeness (QED) is 0.438. The number of benzene rings is 2. The predicted octanol–water partition coefficient (Wildman–Crippen LogP) is 6.05. The van der Waals surface area contributed by atoms with Crippen LogP contribution in [-0.2, 0) is 4.79 Å². The zero-order valence-electron chi connectivity index (χ0n) is 17.8. The summed E-state index contributed by atoms with van der Waals surface area (Å²) < 4.78 is 5.80. The summed E-state index contributed by atoms with van der Waals surface area (Å²) >= 11 is 12.1. The lowest BCUT2D eigenvalue weighted by molar-refractivity contribution is -0.128. The van der Waals surface area contributed by atoms with Crippen LogP contribution in [0.2, 0.25) is 10.0 Å². The van der Waals surface area contributed by atoms with Crippen LogP contribution in [-0.4, -0.2) is 29.0 Å². The lowest BCUT2D eigenvalue weighted by Gasteiger charge is -2.17. The number of halogens is 2. The monoisotopic (exact) mass is 457 g/mol. The molecular formula is C24H25Cl2N3O2. The fraction of sp³-hybridized carbons (Fsp3) is 0.292. The second kappa shape index (κ2) is 10.1. The molecule has 1 aromatic heterocycles. The van der Waals surface area contributed by atoms with Crippen LogP contribution < -0.4 is 10.1 Å². The number of carbonyl (C=O) groups is 1. The van der Waals surface area contributed by atoms with Crippen LogP contribution >= 0.6 is 23.2 Å². The maximum Gasteiger partial charge on any atom is 0.232 e. The SMILES string of the molecule is CC(C)(C)C(=O)NCCCOc1cnc(-c2ccc(Cl)cc2)c(-c2ccc(Cl)cc2)n1. The van der Waals surface area contributed by atoms with Crippen LogP contribution in [0.25, 0.3) is 22.5 Å². The summed E-state index contributed by atoms with van der Waals surface area (Å²) in [5, 5.41) is 4.21. The number of hydrogen-bond donors (Lipinski definition) is 1. The molecule has 1 amide bonds. The van der Waals surface area contributed by atoms with Crippen LogP contribution in [0.5, 0.6) is 5.88 Å². The van der Waals surface area contributed by atoms with E-state index in [0.29, 0.717) is 41.2 Å². The number of rotatable bonds is 7. The van der Waals surface area contributed by atoms with Crippen molar-refractivity contribution in [1.29, 1.82) is 0 Å². The van der Waals surface area contributed by atoms with Gasteiger partial charge in [-0.1, -0.05) is 68.2 Å². The number of nitrogens with one attached hydrogen (secondary N) is 1. The second-order valence-corrected chi connectivity index (χ2v) is 9.00. The molecule has 7 heteroatoms. The molecule has 0 radical (unpaired) electrons. The molecule has 0 fully saturated rings. The third-order valence-corrected chi connectivity index (χ3v) is 5.03. The highest BCUT2D eigenvalue weighted by Gasteiger charge is 2.20. The molecule has 0 atom stereocenters. The van der Waals surface area contributed by atoms with E-state index < -0.39 is 5.41 Å². The van der Waals surface area contributed by atoms with Gasteiger partial charge in [-0.25, -0.2) is 9.97 Å². The third kappa shape index (κ3) is 6.42. The molecule has 0 spiro atoms. The summed E-state index contributed by atoms with van der Waals surface area (Å²) in [5.41, 5.74) is 2.79. The molecule has 0 saturated carbocycles. The van der Waals surface area contributed by atoms with Crippen molar-refractivity contribution in [1.82, 2.24) is 15.3 Å². The van der Waals surface area contributed by atoms with Gasteiger partial charge in [-0.15, -0.1) is 0 Å². The topological polar surface area (TPSA) is 64.1 Å². The molecule has 0 bridgehead atoms. The van der Waals surface area contributed by atoms with Gasteiger partial charge in [-0.05, 0) is 30.7 Å². The van der Waals surface area contributed by atoms with Crippen molar-refractivity contribution in [2.24, 2.45) is 5.41 Å². The van der Waals surface area contributed by atoms with Gasteiger partial charge in [0.15, 0.2) is 0 Å². The van der Waals surface area contributed by atoms with Crippen LogP contribution in [0, 0.1) is 5.41 Å². The first kappa shape index (κ1) is 23.0. The molecule has 31 heavy (non-hydrogen) atoms. The van der Waals surface area contributed by atoms with Gasteiger partial charge in [-0.2, -0.15) is 0 Å². The fourth-order valence-electron chi connectivity index (χ4n) is 2.79. The third-order valence-electron chi connectivity index (χ3n) is 4.52. The predicted molar refractivity (Wildman–Crippen MR) is 126 cm³/mol. The van der Waals surface area contributed by atoms with E-state index in [0.717, 1.165) is 16.8 Å². The normalized spacial score (nSPS) is 11.3. The minimum Gasteiger partial charge on any atom is -0.476 e. The first-order chi connectivity index (χ1) is 14.7. The largest absolute Gasteiger partial charge is 0.476 e.